The normalized spacial score (nSPS) is 16.0. The molecule has 0 bridgehead atoms. The number of hydrogen-bond acceptors (Lipinski definition) is 4. The molecule has 0 amide bonds. The van der Waals surface area contributed by atoms with Gasteiger partial charge in [-0.2, -0.15) is 5.10 Å². The van der Waals surface area contributed by atoms with Crippen molar-refractivity contribution in [1.82, 2.24) is 25.0 Å². The summed E-state index contributed by atoms with van der Waals surface area (Å²) >= 11 is 0. The molecule has 148 valence electrons. The van der Waals surface area contributed by atoms with Gasteiger partial charge in [-0.3, -0.25) is 9.67 Å². The topological polar surface area (TPSA) is 61.6 Å². The van der Waals surface area contributed by atoms with Gasteiger partial charge in [0.2, 0.25) is 0 Å². The van der Waals surface area contributed by atoms with Crippen molar-refractivity contribution in [3.05, 3.63) is 42.9 Å². The van der Waals surface area contributed by atoms with E-state index in [0.717, 1.165) is 57.6 Å². The minimum Gasteiger partial charge on any atom is -0.357 e. The molecule has 1 aliphatic heterocycles. The Balaban J connectivity index is 0.00000261. The summed E-state index contributed by atoms with van der Waals surface area (Å²) in [5.74, 6) is 2.51. The van der Waals surface area contributed by atoms with Gasteiger partial charge in [0.1, 0.15) is 5.82 Å². The number of nitrogens with one attached hydrogen (secondary N) is 1. The molecule has 0 aromatic carbocycles. The molecule has 1 atom stereocenters. The lowest BCUT2D eigenvalue weighted by Crippen LogP contribution is -2.52. The highest BCUT2D eigenvalue weighted by Crippen LogP contribution is 2.12. The van der Waals surface area contributed by atoms with Crippen LogP contribution in [0.25, 0.3) is 0 Å². The van der Waals surface area contributed by atoms with E-state index >= 15 is 0 Å². The van der Waals surface area contributed by atoms with Crippen LogP contribution < -0.4 is 10.2 Å². The number of halogens is 1. The average molecular weight is 483 g/mol. The van der Waals surface area contributed by atoms with Gasteiger partial charge in [0.25, 0.3) is 0 Å². The smallest absolute Gasteiger partial charge is 0.194 e. The van der Waals surface area contributed by atoms with E-state index in [2.05, 4.69) is 45.1 Å². The molecule has 1 fully saturated rings. The lowest BCUT2D eigenvalue weighted by molar-refractivity contribution is 0.368. The van der Waals surface area contributed by atoms with Crippen molar-refractivity contribution < 1.29 is 0 Å². The fourth-order valence-electron chi connectivity index (χ4n) is 3.14. The molecule has 2 aromatic heterocycles. The summed E-state index contributed by atoms with van der Waals surface area (Å²) in [4.78, 5) is 14.0. The van der Waals surface area contributed by atoms with Crippen molar-refractivity contribution in [3.8, 4) is 0 Å². The number of guanidine groups is 1. The van der Waals surface area contributed by atoms with E-state index in [1.54, 1.807) is 0 Å². The van der Waals surface area contributed by atoms with Crippen LogP contribution in [-0.2, 0) is 6.54 Å². The lowest BCUT2D eigenvalue weighted by atomic mass is 10.2. The number of piperazine rings is 1. The molecule has 7 nitrogen and oxygen atoms in total. The number of aliphatic imine (C=N–C) groups is 1. The zero-order valence-electron chi connectivity index (χ0n) is 16.2. The van der Waals surface area contributed by atoms with Crippen LogP contribution in [-0.4, -0.2) is 64.9 Å². The first kappa shape index (κ1) is 21.5. The van der Waals surface area contributed by atoms with Gasteiger partial charge >= 0.3 is 0 Å². The van der Waals surface area contributed by atoms with E-state index in [-0.39, 0.29) is 24.0 Å². The zero-order chi connectivity index (χ0) is 18.2. The van der Waals surface area contributed by atoms with Crippen molar-refractivity contribution in [1.29, 1.82) is 0 Å². The van der Waals surface area contributed by atoms with Gasteiger partial charge < -0.3 is 15.1 Å². The van der Waals surface area contributed by atoms with Crippen molar-refractivity contribution in [2.75, 3.05) is 44.2 Å². The molecule has 0 spiro atoms. The number of hydrogen-bond donors (Lipinski definition) is 1. The maximum atomic E-state index is 4.87. The second kappa shape index (κ2) is 11.1. The Morgan fingerprint density at radius 1 is 1.19 bits per heavy atom. The molecular formula is C19H30IN7. The van der Waals surface area contributed by atoms with Gasteiger partial charge in [0.15, 0.2) is 5.96 Å². The van der Waals surface area contributed by atoms with Crippen molar-refractivity contribution >= 4 is 35.8 Å². The molecule has 3 heterocycles. The number of nitrogens with zero attached hydrogens (tertiary/aromatic N) is 6. The Bertz CT molecular complexity index is 667. The van der Waals surface area contributed by atoms with E-state index in [1.165, 1.54) is 0 Å². The predicted molar refractivity (Wildman–Crippen MR) is 121 cm³/mol. The average Bonchev–Trinajstić information content (AvgIpc) is 3.19. The van der Waals surface area contributed by atoms with Crippen LogP contribution in [0.1, 0.15) is 13.8 Å². The number of aromatic nitrogens is 3. The fraction of sp³-hybridized carbons (Fsp3) is 0.526. The van der Waals surface area contributed by atoms with Crippen LogP contribution in [0.4, 0.5) is 5.82 Å². The quantitative estimate of drug-likeness (QED) is 0.388. The molecule has 2 aromatic rings. The third kappa shape index (κ3) is 6.37. The molecule has 0 radical (unpaired) electrons. The van der Waals surface area contributed by atoms with Gasteiger partial charge in [-0.15, -0.1) is 24.0 Å². The summed E-state index contributed by atoms with van der Waals surface area (Å²) in [6.45, 7) is 10.7. The predicted octanol–water partition coefficient (Wildman–Crippen LogP) is 2.32. The highest BCUT2D eigenvalue weighted by molar-refractivity contribution is 14.0. The molecule has 0 saturated carbocycles. The number of pyridine rings is 1. The van der Waals surface area contributed by atoms with Crippen molar-refractivity contribution in [3.63, 3.8) is 0 Å². The van der Waals surface area contributed by atoms with E-state index in [4.69, 9.17) is 4.99 Å². The van der Waals surface area contributed by atoms with Crippen LogP contribution in [0.5, 0.6) is 0 Å². The fourth-order valence-corrected chi connectivity index (χ4v) is 3.14. The molecule has 1 aliphatic rings. The summed E-state index contributed by atoms with van der Waals surface area (Å²) in [5.41, 5.74) is 0. The first-order chi connectivity index (χ1) is 12.8. The highest BCUT2D eigenvalue weighted by Gasteiger charge is 2.20. The van der Waals surface area contributed by atoms with Crippen LogP contribution in [0.15, 0.2) is 47.8 Å². The first-order valence-electron chi connectivity index (χ1n) is 9.43. The summed E-state index contributed by atoms with van der Waals surface area (Å²) in [6.07, 6.45) is 5.68. The highest BCUT2D eigenvalue weighted by atomic mass is 127. The summed E-state index contributed by atoms with van der Waals surface area (Å²) in [7, 11) is 0. The van der Waals surface area contributed by atoms with Gasteiger partial charge in [0, 0.05) is 64.4 Å². The molecule has 3 rings (SSSR count). The molecule has 27 heavy (non-hydrogen) atoms. The van der Waals surface area contributed by atoms with E-state index in [0.29, 0.717) is 5.92 Å². The first-order valence-corrected chi connectivity index (χ1v) is 9.43. The second-order valence-electron chi connectivity index (χ2n) is 6.69. The van der Waals surface area contributed by atoms with Crippen molar-refractivity contribution in [2.45, 2.75) is 20.4 Å². The van der Waals surface area contributed by atoms with Crippen LogP contribution in [0.2, 0.25) is 0 Å². The van der Waals surface area contributed by atoms with Crippen LogP contribution >= 0.6 is 24.0 Å². The molecule has 1 N–H and O–H groups in total. The maximum Gasteiger partial charge on any atom is 0.194 e. The standard InChI is InChI=1S/C19H29N7.HI/c1-3-20-19(22-15-17(2)16-26-10-6-9-23-26)25-13-11-24(12-14-25)18-7-4-5-8-21-18;/h4-10,17H,3,11-16H2,1-2H3,(H,20,22);1H. The third-order valence-corrected chi connectivity index (χ3v) is 4.50. The Morgan fingerprint density at radius 2 is 2.00 bits per heavy atom. The van der Waals surface area contributed by atoms with Gasteiger partial charge in [-0.25, -0.2) is 4.98 Å². The van der Waals surface area contributed by atoms with Gasteiger partial charge in [-0.1, -0.05) is 13.0 Å². The molecule has 0 aliphatic carbocycles. The summed E-state index contributed by atoms with van der Waals surface area (Å²) < 4.78 is 1.97. The van der Waals surface area contributed by atoms with Gasteiger partial charge in [-0.05, 0) is 31.0 Å². The zero-order valence-corrected chi connectivity index (χ0v) is 18.5. The molecule has 8 heteroatoms. The molecular weight excluding hydrogens is 453 g/mol. The summed E-state index contributed by atoms with van der Waals surface area (Å²) in [5, 5.41) is 7.72. The van der Waals surface area contributed by atoms with Crippen LogP contribution in [0.3, 0.4) is 0 Å². The maximum absolute atomic E-state index is 4.87. The summed E-state index contributed by atoms with van der Waals surface area (Å²) in [6, 6.07) is 8.04. The molecule has 1 unspecified atom stereocenters. The Kier molecular flexibility index (Phi) is 8.83. The minimum absolute atomic E-state index is 0. The van der Waals surface area contributed by atoms with E-state index in [9.17, 15) is 0 Å². The Labute approximate surface area is 178 Å². The lowest BCUT2D eigenvalue weighted by Gasteiger charge is -2.37. The monoisotopic (exact) mass is 483 g/mol. The number of anilines is 1. The van der Waals surface area contributed by atoms with Crippen molar-refractivity contribution in [2.24, 2.45) is 10.9 Å². The Morgan fingerprint density at radius 3 is 2.63 bits per heavy atom. The SMILES string of the molecule is CCNC(=NCC(C)Cn1cccn1)N1CCN(c2ccccn2)CC1.I. The third-order valence-electron chi connectivity index (χ3n) is 4.50. The Hall–Kier alpha value is -1.84. The molecule has 1 saturated heterocycles. The van der Waals surface area contributed by atoms with Gasteiger partial charge in [0.05, 0.1) is 0 Å². The van der Waals surface area contributed by atoms with E-state index in [1.807, 2.05) is 41.5 Å². The van der Waals surface area contributed by atoms with E-state index < -0.39 is 0 Å². The number of rotatable bonds is 6. The largest absolute Gasteiger partial charge is 0.357 e. The van der Waals surface area contributed by atoms with Crippen LogP contribution in [0, 0.1) is 5.92 Å². The minimum atomic E-state index is 0. The second-order valence-corrected chi connectivity index (χ2v) is 6.69.